The van der Waals surface area contributed by atoms with Crippen LogP contribution in [0.3, 0.4) is 0 Å². The maximum atomic E-state index is 10.9. The number of hydrogen-bond donors (Lipinski definition) is 2. The Balaban J connectivity index is 1.45. The summed E-state index contributed by atoms with van der Waals surface area (Å²) in [4.78, 5) is 13.8. The second-order valence-electron chi connectivity index (χ2n) is 7.64. The summed E-state index contributed by atoms with van der Waals surface area (Å²) in [5.74, 6) is 2.15. The number of aryl methyl sites for hydroxylation is 1. The molecule has 5 rings (SSSR count). The van der Waals surface area contributed by atoms with E-state index in [-0.39, 0.29) is 0 Å². The van der Waals surface area contributed by atoms with Gasteiger partial charge >= 0.3 is 5.97 Å². The van der Waals surface area contributed by atoms with Crippen molar-refractivity contribution in [1.82, 2.24) is 4.98 Å². The molecule has 0 radical (unpaired) electrons. The van der Waals surface area contributed by atoms with Crippen molar-refractivity contribution < 1.29 is 9.90 Å². The Labute approximate surface area is 119 Å². The number of H-pyrrole nitrogens is 1. The molecule has 20 heavy (non-hydrogen) atoms. The van der Waals surface area contributed by atoms with Crippen molar-refractivity contribution in [2.24, 2.45) is 23.2 Å². The van der Waals surface area contributed by atoms with Crippen molar-refractivity contribution in [2.45, 2.75) is 51.4 Å². The molecule has 4 bridgehead atoms. The van der Waals surface area contributed by atoms with Gasteiger partial charge in [-0.1, -0.05) is 0 Å². The first-order valence-corrected chi connectivity index (χ1v) is 8.02. The molecule has 1 aromatic rings. The zero-order valence-corrected chi connectivity index (χ0v) is 11.9. The molecule has 3 heteroatoms. The average molecular weight is 273 g/mol. The van der Waals surface area contributed by atoms with Gasteiger partial charge in [0.25, 0.3) is 0 Å². The van der Waals surface area contributed by atoms with E-state index in [1.54, 1.807) is 0 Å². The number of aromatic nitrogens is 1. The van der Waals surface area contributed by atoms with E-state index in [0.717, 1.165) is 29.7 Å². The van der Waals surface area contributed by atoms with Gasteiger partial charge < -0.3 is 10.1 Å². The smallest absolute Gasteiger partial charge is 0.352 e. The minimum absolute atomic E-state index is 0.325. The third kappa shape index (κ3) is 2.07. The number of carboxylic acid groups (broad SMARTS) is 1. The van der Waals surface area contributed by atoms with Gasteiger partial charge in [-0.15, -0.1) is 0 Å². The summed E-state index contributed by atoms with van der Waals surface area (Å²) >= 11 is 0. The molecule has 108 valence electrons. The SMILES string of the molecule is O=C(O)c1cc(CCC23CC4CC(CC(C4)C2)C3)c[nH]1. The molecule has 4 aliphatic rings. The van der Waals surface area contributed by atoms with Gasteiger partial charge in [0, 0.05) is 6.20 Å². The molecule has 3 nitrogen and oxygen atoms in total. The fourth-order valence-electron chi connectivity index (χ4n) is 5.71. The van der Waals surface area contributed by atoms with Crippen molar-refractivity contribution in [3.05, 3.63) is 23.5 Å². The molecule has 1 heterocycles. The minimum Gasteiger partial charge on any atom is -0.477 e. The highest BCUT2D eigenvalue weighted by Crippen LogP contribution is 2.61. The highest BCUT2D eigenvalue weighted by atomic mass is 16.4. The maximum Gasteiger partial charge on any atom is 0.352 e. The number of aromatic carboxylic acids is 1. The van der Waals surface area contributed by atoms with Crippen LogP contribution in [0.1, 0.15) is 61.0 Å². The second kappa shape index (κ2) is 4.37. The van der Waals surface area contributed by atoms with Gasteiger partial charge in [0.15, 0.2) is 0 Å². The van der Waals surface area contributed by atoms with Crippen LogP contribution >= 0.6 is 0 Å². The molecule has 4 fully saturated rings. The van der Waals surface area contributed by atoms with E-state index in [0.29, 0.717) is 11.1 Å². The van der Waals surface area contributed by atoms with Crippen molar-refractivity contribution in [3.8, 4) is 0 Å². The molecule has 0 amide bonds. The van der Waals surface area contributed by atoms with E-state index in [9.17, 15) is 4.79 Å². The van der Waals surface area contributed by atoms with Crippen LogP contribution in [-0.2, 0) is 6.42 Å². The average Bonchev–Trinajstić information content (AvgIpc) is 2.84. The Morgan fingerprint density at radius 1 is 1.20 bits per heavy atom. The monoisotopic (exact) mass is 273 g/mol. The largest absolute Gasteiger partial charge is 0.477 e. The van der Waals surface area contributed by atoms with E-state index in [4.69, 9.17) is 5.11 Å². The minimum atomic E-state index is -0.856. The third-order valence-corrected chi connectivity index (χ3v) is 6.08. The number of aromatic amines is 1. The van der Waals surface area contributed by atoms with Gasteiger partial charge in [-0.25, -0.2) is 4.79 Å². The molecule has 1 aromatic heterocycles. The summed E-state index contributed by atoms with van der Waals surface area (Å²) in [5, 5.41) is 8.97. The lowest BCUT2D eigenvalue weighted by molar-refractivity contribution is -0.0569. The first kappa shape index (κ1) is 12.5. The van der Waals surface area contributed by atoms with Gasteiger partial charge in [-0.2, -0.15) is 0 Å². The molecular formula is C17H23NO2. The van der Waals surface area contributed by atoms with Crippen LogP contribution in [0.25, 0.3) is 0 Å². The lowest BCUT2D eigenvalue weighted by Gasteiger charge is -2.57. The highest BCUT2D eigenvalue weighted by molar-refractivity contribution is 5.85. The first-order valence-electron chi connectivity index (χ1n) is 8.02. The van der Waals surface area contributed by atoms with E-state index in [2.05, 4.69) is 4.98 Å². The predicted molar refractivity (Wildman–Crippen MR) is 76.7 cm³/mol. The Bertz CT molecular complexity index is 496. The van der Waals surface area contributed by atoms with Crippen molar-refractivity contribution in [1.29, 1.82) is 0 Å². The van der Waals surface area contributed by atoms with Crippen molar-refractivity contribution in [3.63, 3.8) is 0 Å². The Hall–Kier alpha value is -1.25. The number of carbonyl (C=O) groups is 1. The number of carboxylic acids is 1. The lowest BCUT2D eigenvalue weighted by atomic mass is 9.48. The second-order valence-corrected chi connectivity index (χ2v) is 7.64. The topological polar surface area (TPSA) is 53.1 Å². The van der Waals surface area contributed by atoms with Crippen LogP contribution in [0.5, 0.6) is 0 Å². The molecule has 0 spiro atoms. The summed E-state index contributed by atoms with van der Waals surface area (Å²) in [6.07, 6.45) is 13.0. The van der Waals surface area contributed by atoms with Gasteiger partial charge in [-0.3, -0.25) is 0 Å². The van der Waals surface area contributed by atoms with Crippen LogP contribution < -0.4 is 0 Å². The quantitative estimate of drug-likeness (QED) is 0.875. The van der Waals surface area contributed by atoms with Crippen LogP contribution in [0.4, 0.5) is 0 Å². The zero-order chi connectivity index (χ0) is 13.7. The van der Waals surface area contributed by atoms with Crippen LogP contribution in [0.2, 0.25) is 0 Å². The fraction of sp³-hybridized carbons (Fsp3) is 0.706. The molecule has 4 aliphatic carbocycles. The van der Waals surface area contributed by atoms with Crippen LogP contribution in [-0.4, -0.2) is 16.1 Å². The Kier molecular flexibility index (Phi) is 2.73. The van der Waals surface area contributed by atoms with Gasteiger partial charge in [0.2, 0.25) is 0 Å². The Morgan fingerprint density at radius 2 is 1.80 bits per heavy atom. The highest BCUT2D eigenvalue weighted by Gasteiger charge is 2.50. The van der Waals surface area contributed by atoms with E-state index < -0.39 is 5.97 Å². The number of nitrogens with one attached hydrogen (secondary N) is 1. The molecule has 4 saturated carbocycles. The van der Waals surface area contributed by atoms with E-state index >= 15 is 0 Å². The fourth-order valence-corrected chi connectivity index (χ4v) is 5.71. The van der Waals surface area contributed by atoms with Crippen LogP contribution in [0, 0.1) is 23.2 Å². The normalized spacial score (nSPS) is 38.3. The molecule has 0 saturated heterocycles. The molecule has 2 N–H and O–H groups in total. The molecule has 0 aromatic carbocycles. The summed E-state index contributed by atoms with van der Waals surface area (Å²) in [6, 6.07) is 1.81. The van der Waals surface area contributed by atoms with Gasteiger partial charge in [-0.05, 0) is 86.2 Å². The van der Waals surface area contributed by atoms with Gasteiger partial charge in [0.05, 0.1) is 0 Å². The molecule has 0 atom stereocenters. The summed E-state index contributed by atoms with van der Waals surface area (Å²) in [7, 11) is 0. The van der Waals surface area contributed by atoms with Gasteiger partial charge in [0.1, 0.15) is 5.69 Å². The van der Waals surface area contributed by atoms with Crippen molar-refractivity contribution in [2.75, 3.05) is 0 Å². The summed E-state index contributed by atoms with van der Waals surface area (Å²) in [6.45, 7) is 0. The lowest BCUT2D eigenvalue weighted by Crippen LogP contribution is -2.46. The predicted octanol–water partition coefficient (Wildman–Crippen LogP) is 3.86. The van der Waals surface area contributed by atoms with E-state index in [1.807, 2.05) is 12.3 Å². The Morgan fingerprint density at radius 3 is 2.30 bits per heavy atom. The van der Waals surface area contributed by atoms with Crippen molar-refractivity contribution >= 4 is 5.97 Å². The number of hydrogen-bond acceptors (Lipinski definition) is 1. The molecular weight excluding hydrogens is 250 g/mol. The van der Waals surface area contributed by atoms with Crippen LogP contribution in [0.15, 0.2) is 12.3 Å². The summed E-state index contributed by atoms with van der Waals surface area (Å²) < 4.78 is 0. The molecule has 0 unspecified atom stereocenters. The third-order valence-electron chi connectivity index (χ3n) is 6.08. The first-order chi connectivity index (χ1) is 9.62. The molecule has 0 aliphatic heterocycles. The van der Waals surface area contributed by atoms with E-state index in [1.165, 1.54) is 44.9 Å². The summed E-state index contributed by atoms with van der Waals surface area (Å²) in [5.41, 5.74) is 2.08. The standard InChI is InChI=1S/C17H23NO2/c19-16(20)15-6-11(10-18-15)1-2-17-7-12-3-13(8-17)5-14(4-12)9-17/h6,10,12-14,18H,1-5,7-9H2,(H,19,20). The zero-order valence-electron chi connectivity index (χ0n) is 11.9. The maximum absolute atomic E-state index is 10.9. The number of rotatable bonds is 4.